The zero-order valence-corrected chi connectivity index (χ0v) is 29.5. The van der Waals surface area contributed by atoms with Gasteiger partial charge in [0, 0.05) is 22.2 Å². The largest absolute Gasteiger partial charge is 0.465 e. The van der Waals surface area contributed by atoms with Crippen LogP contribution in [0.25, 0.3) is 74.3 Å². The minimum atomic E-state index is -0.554. The van der Waals surface area contributed by atoms with Crippen molar-refractivity contribution in [3.05, 3.63) is 149 Å². The van der Waals surface area contributed by atoms with Gasteiger partial charge in [-0.25, -0.2) is 24.4 Å². The Morgan fingerprint density at radius 2 is 0.889 bits per heavy atom. The third kappa shape index (κ3) is 6.05. The summed E-state index contributed by atoms with van der Waals surface area (Å²) < 4.78 is 17.8. The Morgan fingerprint density at radius 1 is 0.500 bits per heavy atom. The van der Waals surface area contributed by atoms with Crippen LogP contribution in [0.5, 0.6) is 0 Å². The molecule has 1 N–H and O–H groups in total. The van der Waals surface area contributed by atoms with Crippen LogP contribution >= 0.6 is 0 Å². The Kier molecular flexibility index (Phi) is 8.76. The van der Waals surface area contributed by atoms with E-state index in [1.165, 1.54) is 21.3 Å². The van der Waals surface area contributed by atoms with Crippen LogP contribution in [-0.4, -0.2) is 58.8 Å². The van der Waals surface area contributed by atoms with Crippen molar-refractivity contribution in [3.63, 3.8) is 0 Å². The molecule has 264 valence electrons. The molecule has 0 fully saturated rings. The number of carbonyl (C=O) groups excluding carboxylic acids is 3. The van der Waals surface area contributed by atoms with E-state index in [2.05, 4.69) is 4.98 Å². The number of para-hydroxylation sites is 1. The van der Waals surface area contributed by atoms with Gasteiger partial charge in [0.15, 0.2) is 0 Å². The molecule has 3 aromatic heterocycles. The minimum Gasteiger partial charge on any atom is -0.465 e. The molecule has 8 rings (SSSR count). The number of aromatic amines is 1. The van der Waals surface area contributed by atoms with Gasteiger partial charge in [-0.05, 0) is 96.1 Å². The number of benzene rings is 3. The standard InChI is InChI=1S/C44H32N4O6/c1-52-42(49)34-12-6-4-10-32(34)40-38-24-30-20-18-28(46-30)22-26-16-17-27(45-26)23-29-19-21-31(47-29)25-39(41(40)33-11-5-7-13-35(33)43(50)53-2)48(38)37-15-9-8-14-36(37)44(51)54-3/h4-25,45H,1-3H3. The lowest BCUT2D eigenvalue weighted by Gasteiger charge is -2.13. The summed E-state index contributed by atoms with van der Waals surface area (Å²) in [6, 6.07) is 33.0. The molecule has 0 radical (unpaired) electrons. The van der Waals surface area contributed by atoms with Crippen LogP contribution in [0, 0.1) is 0 Å². The van der Waals surface area contributed by atoms with Gasteiger partial charge in [-0.15, -0.1) is 0 Å². The van der Waals surface area contributed by atoms with Crippen LogP contribution < -0.4 is 0 Å². The van der Waals surface area contributed by atoms with E-state index >= 15 is 0 Å². The van der Waals surface area contributed by atoms with Crippen molar-refractivity contribution >= 4 is 64.3 Å². The average molecular weight is 713 g/mol. The van der Waals surface area contributed by atoms with Crippen molar-refractivity contribution in [2.24, 2.45) is 0 Å². The van der Waals surface area contributed by atoms with E-state index in [0.29, 0.717) is 61.8 Å². The summed E-state index contributed by atoms with van der Waals surface area (Å²) >= 11 is 0. The number of H-pyrrole nitrogens is 1. The summed E-state index contributed by atoms with van der Waals surface area (Å²) in [5.41, 5.74) is 9.00. The maximum atomic E-state index is 13.5. The second-order valence-corrected chi connectivity index (χ2v) is 12.5. The number of fused-ring (bicyclic) bond motifs is 8. The summed E-state index contributed by atoms with van der Waals surface area (Å²) in [7, 11) is 4.00. The molecule has 0 unspecified atom stereocenters. The van der Waals surface area contributed by atoms with Crippen molar-refractivity contribution in [1.82, 2.24) is 19.5 Å². The molecule has 54 heavy (non-hydrogen) atoms. The number of carbonyl (C=O) groups is 3. The number of methoxy groups -OCH3 is 3. The van der Waals surface area contributed by atoms with Crippen LogP contribution in [0.4, 0.5) is 0 Å². The second kappa shape index (κ2) is 14.0. The Hall–Kier alpha value is -7.33. The second-order valence-electron chi connectivity index (χ2n) is 12.5. The topological polar surface area (TPSA) is 125 Å². The fraction of sp³-hybridized carbons (Fsp3) is 0.0682. The first-order valence-corrected chi connectivity index (χ1v) is 17.0. The van der Waals surface area contributed by atoms with Crippen LogP contribution in [-0.2, 0) is 14.2 Å². The van der Waals surface area contributed by atoms with E-state index in [-0.39, 0.29) is 16.7 Å². The highest BCUT2D eigenvalue weighted by Gasteiger charge is 2.29. The molecular weight excluding hydrogens is 681 g/mol. The van der Waals surface area contributed by atoms with Gasteiger partial charge in [0.05, 0.1) is 77.5 Å². The van der Waals surface area contributed by atoms with Crippen molar-refractivity contribution in [3.8, 4) is 27.9 Å². The third-order valence-electron chi connectivity index (χ3n) is 9.27. The summed E-state index contributed by atoms with van der Waals surface area (Å²) in [4.78, 5) is 53.9. The predicted octanol–water partition coefficient (Wildman–Crippen LogP) is 8.81. The average Bonchev–Trinajstić information content (AvgIpc) is 4.01. The number of hydrogen-bond acceptors (Lipinski definition) is 8. The van der Waals surface area contributed by atoms with E-state index < -0.39 is 17.9 Å². The van der Waals surface area contributed by atoms with Crippen molar-refractivity contribution < 1.29 is 28.6 Å². The van der Waals surface area contributed by atoms with Crippen molar-refractivity contribution in [2.45, 2.75) is 0 Å². The summed E-state index contributed by atoms with van der Waals surface area (Å²) in [6.07, 6.45) is 7.62. The Bertz CT molecular complexity index is 2600. The number of nitrogens with one attached hydrogen (secondary N) is 1. The molecule has 6 aromatic rings. The molecule has 8 bridgehead atoms. The predicted molar refractivity (Wildman–Crippen MR) is 209 cm³/mol. The summed E-state index contributed by atoms with van der Waals surface area (Å²) in [5.74, 6) is -1.66. The van der Waals surface area contributed by atoms with Gasteiger partial charge < -0.3 is 23.8 Å². The molecule has 0 aliphatic carbocycles. The first-order valence-electron chi connectivity index (χ1n) is 17.0. The first kappa shape index (κ1) is 33.8. The van der Waals surface area contributed by atoms with Crippen LogP contribution in [0.15, 0.2) is 109 Å². The van der Waals surface area contributed by atoms with Gasteiger partial charge >= 0.3 is 17.9 Å². The fourth-order valence-corrected chi connectivity index (χ4v) is 6.92. The molecule has 5 heterocycles. The van der Waals surface area contributed by atoms with Gasteiger partial charge in [-0.3, -0.25) is 0 Å². The monoisotopic (exact) mass is 712 g/mol. The molecule has 3 aromatic carbocycles. The molecule has 2 aliphatic rings. The lowest BCUT2D eigenvalue weighted by molar-refractivity contribution is 0.0592. The number of rotatable bonds is 6. The molecule has 0 atom stereocenters. The minimum absolute atomic E-state index is 0.282. The Balaban J connectivity index is 1.69. The van der Waals surface area contributed by atoms with Gasteiger partial charge in [0.1, 0.15) is 0 Å². The Labute approximate surface area is 309 Å². The lowest BCUT2D eigenvalue weighted by atomic mass is 9.90. The van der Waals surface area contributed by atoms with Gasteiger partial charge in [-0.2, -0.15) is 0 Å². The molecule has 0 amide bonds. The molecule has 2 aliphatic heterocycles. The molecular formula is C44H32N4O6. The quantitative estimate of drug-likeness (QED) is 0.134. The van der Waals surface area contributed by atoms with Gasteiger partial charge in [0.25, 0.3) is 0 Å². The molecule has 0 spiro atoms. The van der Waals surface area contributed by atoms with Crippen LogP contribution in [0.2, 0.25) is 0 Å². The normalized spacial score (nSPS) is 11.7. The van der Waals surface area contributed by atoms with Crippen molar-refractivity contribution in [1.29, 1.82) is 0 Å². The SMILES string of the molecule is COC(=O)c1ccccc1-c1c(-c2ccccc2C(=O)OC)c2cc3nc(cc4ccc(cc5nc(cc1n2-c1ccccc1C(=O)OC)C=C5)[nH]4)C=C3. The summed E-state index contributed by atoms with van der Waals surface area (Å²) in [6.45, 7) is 0. The van der Waals surface area contributed by atoms with Gasteiger partial charge in [0.2, 0.25) is 0 Å². The van der Waals surface area contributed by atoms with E-state index in [0.717, 1.165) is 11.0 Å². The maximum Gasteiger partial charge on any atom is 0.339 e. The van der Waals surface area contributed by atoms with E-state index in [1.807, 2.05) is 102 Å². The van der Waals surface area contributed by atoms with E-state index in [4.69, 9.17) is 24.2 Å². The lowest BCUT2D eigenvalue weighted by Crippen LogP contribution is -2.08. The summed E-state index contributed by atoms with van der Waals surface area (Å²) in [5, 5.41) is 0. The number of ether oxygens (including phenoxy) is 3. The fourth-order valence-electron chi connectivity index (χ4n) is 6.92. The zero-order valence-electron chi connectivity index (χ0n) is 29.5. The van der Waals surface area contributed by atoms with Crippen molar-refractivity contribution in [2.75, 3.05) is 21.3 Å². The number of esters is 3. The van der Waals surface area contributed by atoms with E-state index in [1.54, 1.807) is 36.4 Å². The van der Waals surface area contributed by atoms with E-state index in [9.17, 15) is 14.4 Å². The zero-order chi connectivity index (χ0) is 37.3. The highest BCUT2D eigenvalue weighted by molar-refractivity contribution is 6.13. The maximum absolute atomic E-state index is 13.5. The highest BCUT2D eigenvalue weighted by atomic mass is 16.5. The number of aromatic nitrogens is 4. The number of nitrogens with zero attached hydrogens (tertiary/aromatic N) is 3. The first-order chi connectivity index (χ1) is 26.4. The number of hydrogen-bond donors (Lipinski definition) is 1. The molecule has 10 nitrogen and oxygen atoms in total. The molecule has 0 saturated heterocycles. The van der Waals surface area contributed by atoms with Crippen LogP contribution in [0.1, 0.15) is 53.8 Å². The molecule has 10 heteroatoms. The smallest absolute Gasteiger partial charge is 0.339 e. The highest BCUT2D eigenvalue weighted by Crippen LogP contribution is 2.46. The molecule has 0 saturated carbocycles. The van der Waals surface area contributed by atoms with Crippen LogP contribution in [0.3, 0.4) is 0 Å². The van der Waals surface area contributed by atoms with Gasteiger partial charge in [-0.1, -0.05) is 48.5 Å². The third-order valence-corrected chi connectivity index (χ3v) is 9.27. The Morgan fingerprint density at radius 3 is 1.35 bits per heavy atom.